The fraction of sp³-hybridized carbons (Fsp3) is 0.583. The van der Waals surface area contributed by atoms with Crippen LogP contribution in [0.2, 0.25) is 0 Å². The Hall–Kier alpha value is -1.15. The Balaban J connectivity index is 2.16. The molecule has 0 aliphatic carbocycles. The second-order valence-corrected chi connectivity index (χ2v) is 7.21. The number of aliphatic hydroxyl groups is 1. The number of pyridine rings is 1. The highest BCUT2D eigenvalue weighted by Crippen LogP contribution is 2.37. The van der Waals surface area contributed by atoms with Crippen molar-refractivity contribution in [2.24, 2.45) is 5.92 Å². The number of rotatable bonds is 3. The van der Waals surface area contributed by atoms with Gasteiger partial charge in [0.15, 0.2) is 9.84 Å². The van der Waals surface area contributed by atoms with Crippen molar-refractivity contribution in [1.82, 2.24) is 4.98 Å². The lowest BCUT2D eigenvalue weighted by atomic mass is 9.94. The summed E-state index contributed by atoms with van der Waals surface area (Å²) >= 11 is 0. The molecule has 0 aromatic carbocycles. The van der Waals surface area contributed by atoms with E-state index in [2.05, 4.69) is 4.98 Å². The molecular formula is C12H14F3NO3S. The van der Waals surface area contributed by atoms with Crippen LogP contribution in [-0.4, -0.2) is 30.0 Å². The highest BCUT2D eigenvalue weighted by molar-refractivity contribution is 7.91. The number of hydrogen-bond donors (Lipinski definition) is 1. The van der Waals surface area contributed by atoms with E-state index in [9.17, 15) is 26.7 Å². The zero-order valence-corrected chi connectivity index (χ0v) is 11.3. The van der Waals surface area contributed by atoms with E-state index in [1.807, 2.05) is 0 Å². The summed E-state index contributed by atoms with van der Waals surface area (Å²) in [5.41, 5.74) is -1.23. The van der Waals surface area contributed by atoms with Crippen molar-refractivity contribution in [2.75, 3.05) is 11.5 Å². The van der Waals surface area contributed by atoms with Crippen LogP contribution >= 0.6 is 0 Å². The highest BCUT2D eigenvalue weighted by atomic mass is 32.2. The summed E-state index contributed by atoms with van der Waals surface area (Å²) in [4.78, 5) is 3.60. The van der Waals surface area contributed by atoms with Crippen molar-refractivity contribution in [3.8, 4) is 0 Å². The average Bonchev–Trinajstić information content (AvgIpc) is 2.67. The zero-order valence-electron chi connectivity index (χ0n) is 10.5. The van der Waals surface area contributed by atoms with Gasteiger partial charge < -0.3 is 5.11 Å². The van der Waals surface area contributed by atoms with Gasteiger partial charge in [-0.2, -0.15) is 13.2 Å². The van der Waals surface area contributed by atoms with Gasteiger partial charge in [-0.1, -0.05) is 0 Å². The summed E-state index contributed by atoms with van der Waals surface area (Å²) in [5, 5.41) is 9.96. The summed E-state index contributed by atoms with van der Waals surface area (Å²) < 4.78 is 61.1. The van der Waals surface area contributed by atoms with Crippen LogP contribution in [0.4, 0.5) is 13.2 Å². The van der Waals surface area contributed by atoms with Gasteiger partial charge in [0.2, 0.25) is 0 Å². The number of hydrogen-bond acceptors (Lipinski definition) is 4. The van der Waals surface area contributed by atoms with Gasteiger partial charge in [-0.15, -0.1) is 0 Å². The number of halogens is 3. The maximum Gasteiger partial charge on any atom is 0.416 e. The van der Waals surface area contributed by atoms with Crippen molar-refractivity contribution in [1.29, 1.82) is 0 Å². The van der Waals surface area contributed by atoms with E-state index >= 15 is 0 Å². The maximum atomic E-state index is 12.8. The van der Waals surface area contributed by atoms with E-state index in [-0.39, 0.29) is 29.4 Å². The van der Waals surface area contributed by atoms with Crippen LogP contribution in [0.15, 0.2) is 18.5 Å². The summed E-state index contributed by atoms with van der Waals surface area (Å²) in [7, 11) is -3.11. The van der Waals surface area contributed by atoms with Crippen LogP contribution in [-0.2, 0) is 16.0 Å². The van der Waals surface area contributed by atoms with E-state index in [4.69, 9.17) is 0 Å². The van der Waals surface area contributed by atoms with Crippen molar-refractivity contribution >= 4 is 9.84 Å². The number of aliphatic hydroxyl groups excluding tert-OH is 1. The third kappa shape index (κ3) is 3.49. The molecule has 1 aliphatic heterocycles. The molecule has 1 saturated heterocycles. The minimum atomic E-state index is -4.57. The van der Waals surface area contributed by atoms with Gasteiger partial charge in [-0.25, -0.2) is 8.42 Å². The monoisotopic (exact) mass is 309 g/mol. The smallest absolute Gasteiger partial charge is 0.388 e. The average molecular weight is 309 g/mol. The molecule has 2 unspecified atom stereocenters. The topological polar surface area (TPSA) is 67.3 Å². The second kappa shape index (κ2) is 5.33. The van der Waals surface area contributed by atoms with Crippen molar-refractivity contribution in [3.05, 3.63) is 29.6 Å². The van der Waals surface area contributed by atoms with Gasteiger partial charge in [0, 0.05) is 18.0 Å². The summed E-state index contributed by atoms with van der Waals surface area (Å²) in [5.74, 6) is -0.355. The predicted octanol–water partition coefficient (Wildman–Crippen LogP) is 1.96. The van der Waals surface area contributed by atoms with Crippen LogP contribution in [0.1, 0.15) is 30.1 Å². The fourth-order valence-corrected chi connectivity index (χ4v) is 4.31. The van der Waals surface area contributed by atoms with Gasteiger partial charge >= 0.3 is 6.18 Å². The molecule has 0 bridgehead atoms. The van der Waals surface area contributed by atoms with Gasteiger partial charge in [0.05, 0.1) is 23.2 Å². The molecule has 4 nitrogen and oxygen atoms in total. The third-order valence-electron chi connectivity index (χ3n) is 3.40. The van der Waals surface area contributed by atoms with Crippen LogP contribution < -0.4 is 0 Å². The lowest BCUT2D eigenvalue weighted by molar-refractivity contribution is -0.139. The first-order chi connectivity index (χ1) is 9.19. The molecule has 1 aromatic rings. The molecule has 0 amide bonds. The Morgan fingerprint density at radius 1 is 1.45 bits per heavy atom. The molecular weight excluding hydrogens is 295 g/mol. The SMILES string of the molecule is O=S1(=O)CCC(CC(O)c2cnccc2C(F)(F)F)C1. The second-order valence-electron chi connectivity index (χ2n) is 4.98. The number of nitrogens with zero attached hydrogens (tertiary/aromatic N) is 1. The molecule has 2 heterocycles. The van der Waals surface area contributed by atoms with E-state index in [1.165, 1.54) is 0 Å². The van der Waals surface area contributed by atoms with Gasteiger partial charge in [0.25, 0.3) is 0 Å². The van der Waals surface area contributed by atoms with Gasteiger partial charge in [0.1, 0.15) is 0 Å². The van der Waals surface area contributed by atoms with E-state index in [0.29, 0.717) is 6.42 Å². The Morgan fingerprint density at radius 2 is 2.15 bits per heavy atom. The summed E-state index contributed by atoms with van der Waals surface area (Å²) in [6.45, 7) is 0. The molecule has 1 N–H and O–H groups in total. The molecule has 2 atom stereocenters. The van der Waals surface area contributed by atoms with Crippen molar-refractivity contribution in [3.63, 3.8) is 0 Å². The molecule has 1 aromatic heterocycles. The Morgan fingerprint density at radius 3 is 2.70 bits per heavy atom. The van der Waals surface area contributed by atoms with Gasteiger partial charge in [-0.3, -0.25) is 4.98 Å². The fourth-order valence-electron chi connectivity index (χ4n) is 2.43. The summed E-state index contributed by atoms with van der Waals surface area (Å²) in [6, 6.07) is 0.809. The molecule has 0 saturated carbocycles. The molecule has 2 rings (SSSR count). The van der Waals surface area contributed by atoms with Crippen molar-refractivity contribution < 1.29 is 26.7 Å². The first-order valence-electron chi connectivity index (χ1n) is 6.08. The molecule has 0 spiro atoms. The quantitative estimate of drug-likeness (QED) is 0.927. The van der Waals surface area contributed by atoms with E-state index < -0.39 is 27.7 Å². The first kappa shape index (κ1) is 15.2. The zero-order chi connectivity index (χ0) is 15.0. The summed E-state index contributed by atoms with van der Waals surface area (Å²) in [6.07, 6.45) is -3.56. The predicted molar refractivity (Wildman–Crippen MR) is 65.6 cm³/mol. The Labute approximate surface area is 114 Å². The lowest BCUT2D eigenvalue weighted by Crippen LogP contribution is -2.15. The number of alkyl halides is 3. The lowest BCUT2D eigenvalue weighted by Gasteiger charge is -2.19. The molecule has 1 aliphatic rings. The Kier molecular flexibility index (Phi) is 4.06. The van der Waals surface area contributed by atoms with Crippen molar-refractivity contribution in [2.45, 2.75) is 25.1 Å². The minimum absolute atomic E-state index is 0.00595. The van der Waals surface area contributed by atoms with E-state index in [0.717, 1.165) is 18.5 Å². The molecule has 112 valence electrons. The van der Waals surface area contributed by atoms with Crippen LogP contribution in [0.3, 0.4) is 0 Å². The third-order valence-corrected chi connectivity index (χ3v) is 5.24. The normalized spacial score (nSPS) is 23.7. The Bertz CT molecular complexity index is 586. The van der Waals surface area contributed by atoms with Crippen LogP contribution in [0.25, 0.3) is 0 Å². The van der Waals surface area contributed by atoms with Gasteiger partial charge in [-0.05, 0) is 24.8 Å². The van der Waals surface area contributed by atoms with Crippen LogP contribution in [0, 0.1) is 5.92 Å². The highest BCUT2D eigenvalue weighted by Gasteiger charge is 2.36. The minimum Gasteiger partial charge on any atom is -0.388 e. The molecule has 20 heavy (non-hydrogen) atoms. The molecule has 0 radical (unpaired) electrons. The first-order valence-corrected chi connectivity index (χ1v) is 7.91. The molecule has 8 heteroatoms. The standard InChI is InChI=1S/C12H14F3NO3S/c13-12(14,15)10-1-3-16-6-9(10)11(17)5-8-2-4-20(18,19)7-8/h1,3,6,8,11,17H,2,4-5,7H2. The largest absolute Gasteiger partial charge is 0.416 e. The van der Waals surface area contributed by atoms with E-state index in [1.54, 1.807) is 0 Å². The maximum absolute atomic E-state index is 12.8. The van der Waals surface area contributed by atoms with Crippen LogP contribution in [0.5, 0.6) is 0 Å². The number of sulfone groups is 1. The number of aromatic nitrogens is 1. The molecule has 1 fully saturated rings.